The van der Waals surface area contributed by atoms with Gasteiger partial charge in [-0.15, -0.1) is 0 Å². The molecule has 0 aliphatic carbocycles. The molecule has 106 valence electrons. The Bertz CT molecular complexity index is 712. The molecule has 4 nitrogen and oxygen atoms in total. The Morgan fingerprint density at radius 3 is 2.40 bits per heavy atom. The molecule has 20 heavy (non-hydrogen) atoms. The van der Waals surface area contributed by atoms with Crippen LogP contribution in [0.3, 0.4) is 0 Å². The first kappa shape index (κ1) is 14.5. The molecule has 0 bridgehead atoms. The first-order valence-corrected chi connectivity index (χ1v) is 7.49. The van der Waals surface area contributed by atoms with Gasteiger partial charge in [0.05, 0.1) is 4.90 Å². The van der Waals surface area contributed by atoms with Crippen LogP contribution in [0.4, 0.5) is 10.1 Å². The lowest BCUT2D eigenvalue weighted by atomic mass is 10.2. The highest BCUT2D eigenvalue weighted by Gasteiger charge is 2.20. The zero-order valence-electron chi connectivity index (χ0n) is 10.9. The fourth-order valence-electron chi connectivity index (χ4n) is 1.82. The van der Waals surface area contributed by atoms with Crippen molar-refractivity contribution in [2.75, 3.05) is 4.72 Å². The highest BCUT2D eigenvalue weighted by Crippen LogP contribution is 2.21. The molecule has 0 atom stereocenters. The van der Waals surface area contributed by atoms with E-state index in [4.69, 9.17) is 5.73 Å². The van der Waals surface area contributed by atoms with E-state index in [1.54, 1.807) is 24.3 Å². The van der Waals surface area contributed by atoms with Gasteiger partial charge in [-0.25, -0.2) is 12.8 Å². The van der Waals surface area contributed by atoms with Gasteiger partial charge in [-0.05, 0) is 31.2 Å². The summed E-state index contributed by atoms with van der Waals surface area (Å²) in [6.45, 7) is 1.72. The number of rotatable bonds is 4. The molecule has 2 aromatic carbocycles. The van der Waals surface area contributed by atoms with E-state index < -0.39 is 15.8 Å². The number of hydrogen-bond donors (Lipinski definition) is 2. The third-order valence-electron chi connectivity index (χ3n) is 2.87. The van der Waals surface area contributed by atoms with E-state index in [1.807, 2.05) is 6.92 Å². The van der Waals surface area contributed by atoms with Gasteiger partial charge < -0.3 is 5.73 Å². The zero-order valence-corrected chi connectivity index (χ0v) is 11.7. The predicted octanol–water partition coefficient (Wildman–Crippen LogP) is 2.39. The Labute approximate surface area is 117 Å². The van der Waals surface area contributed by atoms with Crippen molar-refractivity contribution in [2.24, 2.45) is 5.73 Å². The van der Waals surface area contributed by atoms with Crippen LogP contribution in [0.25, 0.3) is 0 Å². The minimum absolute atomic E-state index is 0.0212. The van der Waals surface area contributed by atoms with Crippen LogP contribution in [-0.2, 0) is 16.6 Å². The smallest absolute Gasteiger partial charge is 0.262 e. The van der Waals surface area contributed by atoms with Gasteiger partial charge >= 0.3 is 0 Å². The average molecular weight is 294 g/mol. The van der Waals surface area contributed by atoms with Crippen molar-refractivity contribution >= 4 is 15.7 Å². The van der Waals surface area contributed by atoms with E-state index in [0.29, 0.717) is 5.69 Å². The van der Waals surface area contributed by atoms with Crippen LogP contribution >= 0.6 is 0 Å². The molecule has 0 spiro atoms. The molecular formula is C14H15FN2O2S. The standard InChI is InChI=1S/C14H15FN2O2S/c1-10-5-7-11(8-6-10)17-20(18,19)14-4-2-3-13(15)12(14)9-16/h2-8,17H,9,16H2,1H3. The largest absolute Gasteiger partial charge is 0.326 e. The highest BCUT2D eigenvalue weighted by atomic mass is 32.2. The summed E-state index contributed by atoms with van der Waals surface area (Å²) in [7, 11) is -3.86. The van der Waals surface area contributed by atoms with Gasteiger partial charge in [0.15, 0.2) is 0 Å². The summed E-state index contributed by atoms with van der Waals surface area (Å²) < 4.78 is 40.6. The van der Waals surface area contributed by atoms with Crippen LogP contribution in [0.2, 0.25) is 0 Å². The third kappa shape index (κ3) is 2.97. The molecular weight excluding hydrogens is 279 g/mol. The van der Waals surface area contributed by atoms with Crippen molar-refractivity contribution in [3.05, 3.63) is 59.4 Å². The number of nitrogens with one attached hydrogen (secondary N) is 1. The van der Waals surface area contributed by atoms with Crippen molar-refractivity contribution in [1.29, 1.82) is 0 Å². The lowest BCUT2D eigenvalue weighted by Crippen LogP contribution is -2.17. The summed E-state index contributed by atoms with van der Waals surface area (Å²) in [6.07, 6.45) is 0. The van der Waals surface area contributed by atoms with Crippen LogP contribution in [0.1, 0.15) is 11.1 Å². The summed E-state index contributed by atoms with van der Waals surface area (Å²) >= 11 is 0. The molecule has 0 aliphatic heterocycles. The number of nitrogens with two attached hydrogens (primary N) is 1. The lowest BCUT2D eigenvalue weighted by Gasteiger charge is -2.12. The summed E-state index contributed by atoms with van der Waals surface area (Å²) in [6, 6.07) is 10.7. The maximum atomic E-state index is 13.6. The van der Waals surface area contributed by atoms with Crippen molar-refractivity contribution in [1.82, 2.24) is 0 Å². The fraction of sp³-hybridized carbons (Fsp3) is 0.143. The van der Waals surface area contributed by atoms with Gasteiger partial charge in [0.2, 0.25) is 0 Å². The molecule has 0 heterocycles. The maximum absolute atomic E-state index is 13.6. The van der Waals surface area contributed by atoms with Gasteiger partial charge in [0.25, 0.3) is 10.0 Å². The summed E-state index contributed by atoms with van der Waals surface area (Å²) in [5.41, 5.74) is 6.84. The van der Waals surface area contributed by atoms with Crippen LogP contribution in [-0.4, -0.2) is 8.42 Å². The van der Waals surface area contributed by atoms with Gasteiger partial charge in [-0.3, -0.25) is 4.72 Å². The lowest BCUT2D eigenvalue weighted by molar-refractivity contribution is 0.585. The average Bonchev–Trinajstić information content (AvgIpc) is 2.41. The molecule has 0 radical (unpaired) electrons. The van der Waals surface area contributed by atoms with Crippen molar-refractivity contribution in [2.45, 2.75) is 18.4 Å². The minimum Gasteiger partial charge on any atom is -0.326 e. The minimum atomic E-state index is -3.86. The number of benzene rings is 2. The Morgan fingerprint density at radius 1 is 1.15 bits per heavy atom. The van der Waals surface area contributed by atoms with E-state index >= 15 is 0 Å². The number of aryl methyl sites for hydroxylation is 1. The zero-order chi connectivity index (χ0) is 14.8. The molecule has 3 N–H and O–H groups in total. The first-order chi connectivity index (χ1) is 9.44. The topological polar surface area (TPSA) is 72.2 Å². The van der Waals surface area contributed by atoms with Crippen LogP contribution in [0.5, 0.6) is 0 Å². The van der Waals surface area contributed by atoms with E-state index in [1.165, 1.54) is 18.2 Å². The molecule has 2 aromatic rings. The van der Waals surface area contributed by atoms with Gasteiger partial charge in [0.1, 0.15) is 5.82 Å². The maximum Gasteiger partial charge on any atom is 0.262 e. The van der Waals surface area contributed by atoms with Crippen molar-refractivity contribution in [3.63, 3.8) is 0 Å². The monoisotopic (exact) mass is 294 g/mol. The Hall–Kier alpha value is -1.92. The van der Waals surface area contributed by atoms with Crippen LogP contribution in [0, 0.1) is 12.7 Å². The molecule has 0 aliphatic rings. The molecule has 0 amide bonds. The van der Waals surface area contributed by atoms with E-state index in [9.17, 15) is 12.8 Å². The van der Waals surface area contributed by atoms with Crippen molar-refractivity contribution < 1.29 is 12.8 Å². The number of halogens is 1. The van der Waals surface area contributed by atoms with Crippen LogP contribution < -0.4 is 10.5 Å². The molecule has 0 saturated heterocycles. The van der Waals surface area contributed by atoms with Gasteiger partial charge in [0, 0.05) is 17.8 Å². The summed E-state index contributed by atoms with van der Waals surface area (Å²) in [4.78, 5) is -0.138. The summed E-state index contributed by atoms with van der Waals surface area (Å²) in [5, 5.41) is 0. The second kappa shape index (κ2) is 5.60. The Morgan fingerprint density at radius 2 is 1.80 bits per heavy atom. The molecule has 2 rings (SSSR count). The fourth-order valence-corrected chi connectivity index (χ4v) is 3.14. The molecule has 0 fully saturated rings. The molecule has 6 heteroatoms. The quantitative estimate of drug-likeness (QED) is 0.909. The van der Waals surface area contributed by atoms with Crippen LogP contribution in [0.15, 0.2) is 47.4 Å². The molecule has 0 aromatic heterocycles. The number of sulfonamides is 1. The first-order valence-electron chi connectivity index (χ1n) is 6.01. The second-order valence-corrected chi connectivity index (χ2v) is 6.04. The normalized spacial score (nSPS) is 11.3. The Balaban J connectivity index is 2.41. The molecule has 0 unspecified atom stereocenters. The molecule has 0 saturated carbocycles. The van der Waals surface area contributed by atoms with Gasteiger partial charge in [-0.1, -0.05) is 23.8 Å². The van der Waals surface area contributed by atoms with E-state index in [2.05, 4.69) is 4.72 Å². The SMILES string of the molecule is Cc1ccc(NS(=O)(=O)c2cccc(F)c2CN)cc1. The van der Waals surface area contributed by atoms with E-state index in [-0.39, 0.29) is 17.0 Å². The number of hydrogen-bond acceptors (Lipinski definition) is 3. The highest BCUT2D eigenvalue weighted by molar-refractivity contribution is 7.92. The summed E-state index contributed by atoms with van der Waals surface area (Å²) in [5.74, 6) is -0.626. The second-order valence-electron chi connectivity index (χ2n) is 4.39. The predicted molar refractivity (Wildman–Crippen MR) is 76.3 cm³/mol. The third-order valence-corrected chi connectivity index (χ3v) is 4.34. The van der Waals surface area contributed by atoms with Crippen molar-refractivity contribution in [3.8, 4) is 0 Å². The van der Waals surface area contributed by atoms with Gasteiger partial charge in [-0.2, -0.15) is 0 Å². The number of anilines is 1. The van der Waals surface area contributed by atoms with E-state index in [0.717, 1.165) is 5.56 Å². The Kier molecular flexibility index (Phi) is 4.06.